The third kappa shape index (κ3) is 17.0. The number of carbonyl (C=O) groups excluding carboxylic acids is 5. The number of aldehydes is 1. The van der Waals surface area contributed by atoms with Gasteiger partial charge in [0.25, 0.3) is 11.8 Å². The van der Waals surface area contributed by atoms with Crippen molar-refractivity contribution in [3.63, 3.8) is 0 Å². The molecule has 1 saturated heterocycles. The van der Waals surface area contributed by atoms with Crippen molar-refractivity contribution < 1.29 is 48.5 Å². The number of hydrogen-bond donors (Lipinski definition) is 7. The Morgan fingerprint density at radius 2 is 1.50 bits per heavy atom. The van der Waals surface area contributed by atoms with Crippen molar-refractivity contribution in [1.29, 1.82) is 0 Å². The monoisotopic (exact) mass is 1340 g/mol. The smallest absolute Gasteiger partial charge is 0.326 e. The summed E-state index contributed by atoms with van der Waals surface area (Å²) in [5.41, 5.74) is 9.75. The molecule has 2 unspecified atom stereocenters. The molecule has 90 heavy (non-hydrogen) atoms. The number of carboxylic acids is 2. The molecule has 3 atom stereocenters. The van der Waals surface area contributed by atoms with Gasteiger partial charge in [-0.1, -0.05) is 50.8 Å². The van der Waals surface area contributed by atoms with E-state index in [1.165, 1.54) is 83.5 Å². The lowest BCUT2D eigenvalue weighted by Gasteiger charge is -2.20. The number of thiazole rings is 6. The minimum Gasteiger partial charge on any atom is -0.481 e. The van der Waals surface area contributed by atoms with E-state index in [0.717, 1.165) is 23.5 Å². The maximum atomic E-state index is 14.2. The van der Waals surface area contributed by atoms with E-state index in [1.807, 2.05) is 60.3 Å². The van der Waals surface area contributed by atoms with Crippen LogP contribution in [0.5, 0.6) is 0 Å². The summed E-state index contributed by atoms with van der Waals surface area (Å²) >= 11 is 8.12. The minimum absolute atomic E-state index is 0.0680. The Kier molecular flexibility index (Phi) is 24.2. The van der Waals surface area contributed by atoms with Crippen molar-refractivity contribution in [2.75, 3.05) is 45.7 Å². The predicted molar refractivity (Wildman–Crippen MR) is 351 cm³/mol. The summed E-state index contributed by atoms with van der Waals surface area (Å²) in [6.07, 6.45) is 2.95. The SMILES string of the molecule is C=C(N[C@@H](CC(=O)NC)c1nc(C(=O)NC(c2nc(C(=O)NCC=O)c(COC)s2)C(C)C)c(C)s1)c1csc(-c2ccc(-c3nc(N4C(=O)N(CCCC(=O)O)CC4CCCC(=O)O)cs3)nc2-c2csc(-c3csc(CCc4ccccc4)n3)n2)n1.CN. The Hall–Kier alpha value is -8.10. The third-order valence-electron chi connectivity index (χ3n) is 14.0. The van der Waals surface area contributed by atoms with Crippen LogP contribution in [0.1, 0.15) is 121 Å². The molecule has 0 saturated carbocycles. The van der Waals surface area contributed by atoms with Gasteiger partial charge in [-0.2, -0.15) is 0 Å². The number of pyridine rings is 1. The first kappa shape index (κ1) is 67.8. The highest BCUT2D eigenvalue weighted by Crippen LogP contribution is 2.40. The molecule has 9 rings (SSSR count). The number of ether oxygens (including phenoxy) is 1. The molecule has 8 heterocycles. The van der Waals surface area contributed by atoms with Crippen LogP contribution in [-0.2, 0) is 43.4 Å². The second-order valence-electron chi connectivity index (χ2n) is 20.7. The average Bonchev–Trinajstić information content (AvgIpc) is 1.86. The third-order valence-corrected chi connectivity index (χ3v) is 19.7. The summed E-state index contributed by atoms with van der Waals surface area (Å²) in [4.78, 5) is 127. The number of hydrogen-bond acceptors (Lipinski definition) is 23. The van der Waals surface area contributed by atoms with Crippen molar-refractivity contribution in [1.82, 2.24) is 61.1 Å². The summed E-state index contributed by atoms with van der Waals surface area (Å²) in [6, 6.07) is 11.8. The standard InChI is InChI=1S/C59H63N13O10S6.CH5N/c1-31(2)48(58-70-51(42(88-58)26-82-6)52(79)61-21-23-73)68-53(80)49-33(4)87-57(69-49)38(24-44(74)60-5)62-32(3)39-27-84-54(65-39)36-18-19-37(64-50(36)40-28-85-56(66-40)41-29-83-45(63-41)20-17-34-12-8-7-9-13-34)55-67-43(30-86-55)72-35(14-10-15-46(75)76)25-71(59(72)81)22-11-16-47(77)78;1-2/h7-9,12-13,18-19,23,27-31,35,38,48,62H,3,10-11,14-17,20-22,24-26H2,1-2,4-6H3,(H,60,74)(H,61,79)(H,68,80)(H,75,76)(H,77,78);2H2,1H3/t35?,38-,48?;/m0./s1. The zero-order valence-electron chi connectivity index (χ0n) is 50.1. The Labute approximate surface area is 543 Å². The summed E-state index contributed by atoms with van der Waals surface area (Å²) in [6.45, 7) is 10.4. The number of aromatic nitrogens is 7. The fraction of sp³-hybridized carbons (Fsp3) is 0.367. The van der Waals surface area contributed by atoms with Gasteiger partial charge in [-0.15, -0.1) is 68.0 Å². The lowest BCUT2D eigenvalue weighted by molar-refractivity contribution is -0.138. The Morgan fingerprint density at radius 1 is 0.789 bits per heavy atom. The molecule has 1 aromatic carbocycles. The van der Waals surface area contributed by atoms with Gasteiger partial charge in [-0.05, 0) is 63.3 Å². The fourth-order valence-corrected chi connectivity index (χ4v) is 15.1. The second-order valence-corrected chi connectivity index (χ2v) is 26.5. The number of rotatable bonds is 31. The van der Waals surface area contributed by atoms with Crippen LogP contribution in [0.4, 0.5) is 10.6 Å². The lowest BCUT2D eigenvalue weighted by Crippen LogP contribution is -2.35. The van der Waals surface area contributed by atoms with Crippen LogP contribution in [0.15, 0.2) is 70.6 Å². The van der Waals surface area contributed by atoms with Gasteiger partial charge in [-0.3, -0.25) is 28.9 Å². The Bertz CT molecular complexity index is 3840. The molecule has 8 aromatic rings. The van der Waals surface area contributed by atoms with E-state index in [1.54, 1.807) is 33.4 Å². The molecule has 0 bridgehead atoms. The Balaban J connectivity index is 0.00000517. The first-order chi connectivity index (χ1) is 43.4. The van der Waals surface area contributed by atoms with Crippen molar-refractivity contribution >= 4 is 122 Å². The second kappa shape index (κ2) is 32.1. The molecule has 1 aliphatic heterocycles. The highest BCUT2D eigenvalue weighted by atomic mass is 32.1. The minimum atomic E-state index is -0.962. The first-order valence-electron chi connectivity index (χ1n) is 28.5. The molecule has 0 aliphatic carbocycles. The molecule has 5 amide bonds. The number of nitrogens with one attached hydrogen (secondary N) is 4. The van der Waals surface area contributed by atoms with Crippen molar-refractivity contribution in [2.45, 2.75) is 96.9 Å². The number of amides is 5. The quantitative estimate of drug-likeness (QED) is 0.0199. The van der Waals surface area contributed by atoms with Crippen LogP contribution in [0, 0.1) is 12.8 Å². The van der Waals surface area contributed by atoms with E-state index in [4.69, 9.17) is 34.6 Å². The molecule has 0 spiro atoms. The highest BCUT2D eigenvalue weighted by Gasteiger charge is 2.39. The molecule has 7 aromatic heterocycles. The van der Waals surface area contributed by atoms with Gasteiger partial charge in [0.15, 0.2) is 0 Å². The number of anilines is 1. The van der Waals surface area contributed by atoms with Crippen LogP contribution >= 0.6 is 68.0 Å². The summed E-state index contributed by atoms with van der Waals surface area (Å²) < 4.78 is 5.33. The van der Waals surface area contributed by atoms with E-state index in [9.17, 15) is 43.8 Å². The highest BCUT2D eigenvalue weighted by molar-refractivity contribution is 7.15. The summed E-state index contributed by atoms with van der Waals surface area (Å²) in [5, 5.41) is 41.5. The number of nitrogens with two attached hydrogens (primary N) is 1. The van der Waals surface area contributed by atoms with Gasteiger partial charge >= 0.3 is 18.0 Å². The number of aryl methyl sites for hydroxylation is 3. The van der Waals surface area contributed by atoms with Crippen LogP contribution in [0.2, 0.25) is 0 Å². The molecule has 30 heteroatoms. The molecule has 0 radical (unpaired) electrons. The van der Waals surface area contributed by atoms with E-state index in [0.29, 0.717) is 100 Å². The number of urea groups is 1. The van der Waals surface area contributed by atoms with E-state index >= 15 is 0 Å². The number of aliphatic carboxylic acids is 2. The van der Waals surface area contributed by atoms with E-state index < -0.39 is 41.9 Å². The molecule has 1 aliphatic rings. The van der Waals surface area contributed by atoms with Crippen LogP contribution in [0.25, 0.3) is 49.1 Å². The first-order valence-corrected chi connectivity index (χ1v) is 33.7. The molecular weight excluding hydrogens is 1270 g/mol. The van der Waals surface area contributed by atoms with Crippen LogP contribution < -0.4 is 31.9 Å². The molecule has 8 N–H and O–H groups in total. The van der Waals surface area contributed by atoms with Crippen LogP contribution in [-0.4, -0.2) is 139 Å². The van der Waals surface area contributed by atoms with E-state index in [2.05, 4.69) is 50.7 Å². The Morgan fingerprint density at radius 3 is 2.22 bits per heavy atom. The van der Waals surface area contributed by atoms with Gasteiger partial charge in [0, 0.05) is 78.5 Å². The normalized spacial score (nSPS) is 13.6. The molecular formula is C60H68N14O10S6. The van der Waals surface area contributed by atoms with Gasteiger partial charge in [0.05, 0.1) is 64.7 Å². The van der Waals surface area contributed by atoms with Crippen LogP contribution in [0.3, 0.4) is 0 Å². The number of carbonyl (C=O) groups is 7. The average molecular weight is 1340 g/mol. The number of carboxylic acid groups (broad SMARTS) is 2. The lowest BCUT2D eigenvalue weighted by atomic mass is 10.0. The molecule has 1 fully saturated rings. The van der Waals surface area contributed by atoms with Crippen molar-refractivity contribution in [2.24, 2.45) is 11.7 Å². The largest absolute Gasteiger partial charge is 0.481 e. The number of nitrogens with zero attached hydrogens (tertiary/aromatic N) is 9. The van der Waals surface area contributed by atoms with Crippen molar-refractivity contribution in [3.05, 3.63) is 118 Å². The zero-order chi connectivity index (χ0) is 64.6. The van der Waals surface area contributed by atoms with Gasteiger partial charge < -0.3 is 51.6 Å². The topological polar surface area (TPSA) is 340 Å². The number of benzene rings is 1. The van der Waals surface area contributed by atoms with Gasteiger partial charge in [0.2, 0.25) is 5.91 Å². The fourth-order valence-electron chi connectivity index (χ4n) is 9.62. The maximum absolute atomic E-state index is 14.2. The number of methoxy groups -OCH3 is 1. The zero-order valence-corrected chi connectivity index (χ0v) is 55.0. The van der Waals surface area contributed by atoms with E-state index in [-0.39, 0.29) is 74.6 Å². The summed E-state index contributed by atoms with van der Waals surface area (Å²) in [5.74, 6) is -3.02. The van der Waals surface area contributed by atoms with Gasteiger partial charge in [0.1, 0.15) is 65.6 Å². The van der Waals surface area contributed by atoms with Gasteiger partial charge in [-0.25, -0.2) is 39.7 Å². The predicted octanol–water partition coefficient (Wildman–Crippen LogP) is 9.53. The summed E-state index contributed by atoms with van der Waals surface area (Å²) in [7, 11) is 4.52. The maximum Gasteiger partial charge on any atom is 0.326 e. The molecule has 24 nitrogen and oxygen atoms in total. The van der Waals surface area contributed by atoms with Crippen molar-refractivity contribution in [3.8, 4) is 43.4 Å². The molecule has 474 valence electrons.